The largest absolute Gasteiger partial charge is 0.573 e. The molecule has 4 aromatic rings. The van der Waals surface area contributed by atoms with Crippen LogP contribution in [-0.4, -0.2) is 28.8 Å². The number of alkyl halides is 3. The van der Waals surface area contributed by atoms with Gasteiger partial charge in [0.1, 0.15) is 11.4 Å². The van der Waals surface area contributed by atoms with Crippen molar-refractivity contribution >= 4 is 28.3 Å². The highest BCUT2D eigenvalue weighted by molar-refractivity contribution is 7.12. The number of aromatic nitrogens is 2. The molecule has 0 atom stereocenters. The molecule has 9 heteroatoms. The topological polar surface area (TPSA) is 67.0 Å². The second-order valence-corrected chi connectivity index (χ2v) is 8.49. The predicted octanol–water partition coefficient (Wildman–Crippen LogP) is 5.87. The first kappa shape index (κ1) is 22.8. The summed E-state index contributed by atoms with van der Waals surface area (Å²) in [7, 11) is 0. The average Bonchev–Trinajstić information content (AvgIpc) is 3.42. The van der Waals surface area contributed by atoms with E-state index < -0.39 is 6.36 Å². The van der Waals surface area contributed by atoms with Crippen LogP contribution in [-0.2, 0) is 12.8 Å². The van der Waals surface area contributed by atoms with Crippen LogP contribution in [0.15, 0.2) is 60.2 Å². The first-order valence-corrected chi connectivity index (χ1v) is 11.4. The maximum Gasteiger partial charge on any atom is 0.573 e. The maximum absolute atomic E-state index is 12.7. The van der Waals surface area contributed by atoms with Crippen molar-refractivity contribution in [3.8, 4) is 5.75 Å². The Morgan fingerprint density at radius 3 is 2.85 bits per heavy atom. The Bertz CT molecular complexity index is 1230. The second-order valence-electron chi connectivity index (χ2n) is 7.57. The molecule has 0 aliphatic carbocycles. The normalized spacial score (nSPS) is 11.6. The fraction of sp³-hybridized carbons (Fsp3) is 0.250. The van der Waals surface area contributed by atoms with Crippen LogP contribution in [0, 0.1) is 0 Å². The van der Waals surface area contributed by atoms with Crippen LogP contribution >= 0.6 is 11.3 Å². The molecule has 0 saturated heterocycles. The van der Waals surface area contributed by atoms with Gasteiger partial charge in [-0.05, 0) is 78.1 Å². The summed E-state index contributed by atoms with van der Waals surface area (Å²) in [4.78, 5) is 20.8. The highest BCUT2D eigenvalue weighted by atomic mass is 32.1. The fourth-order valence-corrected chi connectivity index (χ4v) is 4.53. The fourth-order valence-electron chi connectivity index (χ4n) is 3.69. The van der Waals surface area contributed by atoms with Crippen LogP contribution in [0.4, 0.5) is 13.2 Å². The summed E-state index contributed by atoms with van der Waals surface area (Å²) in [5, 5.41) is 5.91. The summed E-state index contributed by atoms with van der Waals surface area (Å²) in [6.07, 6.45) is 1.59. The third-order valence-electron chi connectivity index (χ3n) is 5.19. The number of fused-ring (bicyclic) bond motifs is 1. The predicted molar refractivity (Wildman–Crippen MR) is 122 cm³/mol. The van der Waals surface area contributed by atoms with Gasteiger partial charge in [-0.25, -0.2) is 4.98 Å². The van der Waals surface area contributed by atoms with E-state index in [0.717, 1.165) is 34.1 Å². The number of amides is 1. The summed E-state index contributed by atoms with van der Waals surface area (Å²) in [5.41, 5.74) is 3.65. The molecule has 0 bridgehead atoms. The molecule has 0 saturated carbocycles. The van der Waals surface area contributed by atoms with Gasteiger partial charge in [-0.1, -0.05) is 12.1 Å². The van der Waals surface area contributed by atoms with Crippen molar-refractivity contribution in [2.45, 2.75) is 32.0 Å². The molecule has 4 rings (SSSR count). The number of nitrogens with one attached hydrogen (secondary N) is 2. The first-order valence-electron chi connectivity index (χ1n) is 10.5. The molecule has 1 aromatic carbocycles. The van der Waals surface area contributed by atoms with Crippen LogP contribution in [0.2, 0.25) is 0 Å². The third kappa shape index (κ3) is 6.13. The van der Waals surface area contributed by atoms with E-state index >= 15 is 0 Å². The molecule has 5 nitrogen and oxygen atoms in total. The lowest BCUT2D eigenvalue weighted by molar-refractivity contribution is -0.274. The number of carbonyl (C=O) groups excluding carboxylic acids is 1. The molecule has 3 aromatic heterocycles. The van der Waals surface area contributed by atoms with Crippen molar-refractivity contribution in [3.05, 3.63) is 81.8 Å². The number of aromatic amines is 1. The Balaban J connectivity index is 1.26. The zero-order chi connectivity index (χ0) is 23.3. The minimum absolute atomic E-state index is 0.111. The maximum atomic E-state index is 12.7. The molecule has 0 unspecified atom stereocenters. The Labute approximate surface area is 192 Å². The van der Waals surface area contributed by atoms with Gasteiger partial charge in [0.25, 0.3) is 5.91 Å². The molecule has 0 aliphatic rings. The van der Waals surface area contributed by atoms with E-state index in [4.69, 9.17) is 0 Å². The summed E-state index contributed by atoms with van der Waals surface area (Å²) in [6, 6.07) is 11.9. The Morgan fingerprint density at radius 1 is 1.12 bits per heavy atom. The SMILES string of the molecule is O=C(NCCCCc1cccc(OC(F)(F)F)c1)c1sccc1Cc1ccnc2[nH]ccc12. The molecule has 2 N–H and O–H groups in total. The molecule has 1 amide bonds. The van der Waals surface area contributed by atoms with Gasteiger partial charge in [0.15, 0.2) is 0 Å². The number of benzene rings is 1. The molecular weight excluding hydrogens is 451 g/mol. The van der Waals surface area contributed by atoms with Gasteiger partial charge in [0.2, 0.25) is 0 Å². The molecular formula is C24H22F3N3O2S. The number of nitrogens with zero attached hydrogens (tertiary/aromatic N) is 1. The van der Waals surface area contributed by atoms with Gasteiger partial charge in [-0.3, -0.25) is 4.79 Å². The van der Waals surface area contributed by atoms with E-state index in [-0.39, 0.29) is 11.7 Å². The number of thiophene rings is 1. The number of halogens is 3. The lowest BCUT2D eigenvalue weighted by Gasteiger charge is -2.10. The minimum Gasteiger partial charge on any atom is -0.406 e. The lowest BCUT2D eigenvalue weighted by atomic mass is 10.0. The van der Waals surface area contributed by atoms with Crippen molar-refractivity contribution in [1.29, 1.82) is 0 Å². The van der Waals surface area contributed by atoms with Crippen LogP contribution < -0.4 is 10.1 Å². The van der Waals surface area contributed by atoms with Crippen LogP contribution in [0.5, 0.6) is 5.75 Å². The lowest BCUT2D eigenvalue weighted by Crippen LogP contribution is -2.24. The highest BCUT2D eigenvalue weighted by Crippen LogP contribution is 2.25. The molecule has 0 fully saturated rings. The first-order chi connectivity index (χ1) is 15.9. The third-order valence-corrected chi connectivity index (χ3v) is 6.15. The molecule has 0 spiro atoms. The van der Waals surface area contributed by atoms with Crippen molar-refractivity contribution < 1.29 is 22.7 Å². The van der Waals surface area contributed by atoms with Gasteiger partial charge < -0.3 is 15.0 Å². The molecule has 3 heterocycles. The molecule has 33 heavy (non-hydrogen) atoms. The zero-order valence-corrected chi connectivity index (χ0v) is 18.4. The number of rotatable bonds is 9. The van der Waals surface area contributed by atoms with Crippen molar-refractivity contribution in [2.24, 2.45) is 0 Å². The average molecular weight is 474 g/mol. The molecule has 0 radical (unpaired) electrons. The highest BCUT2D eigenvalue weighted by Gasteiger charge is 2.31. The van der Waals surface area contributed by atoms with E-state index in [1.165, 1.54) is 23.5 Å². The number of aryl methyl sites for hydroxylation is 1. The minimum atomic E-state index is -4.70. The van der Waals surface area contributed by atoms with Crippen molar-refractivity contribution in [1.82, 2.24) is 15.3 Å². The number of hydrogen-bond donors (Lipinski definition) is 2. The van der Waals surface area contributed by atoms with Crippen molar-refractivity contribution in [2.75, 3.05) is 6.54 Å². The Hall–Kier alpha value is -3.33. The van der Waals surface area contributed by atoms with E-state index in [1.54, 1.807) is 18.3 Å². The summed E-state index contributed by atoms with van der Waals surface area (Å²) < 4.78 is 41.0. The van der Waals surface area contributed by atoms with E-state index in [2.05, 4.69) is 20.0 Å². The number of H-pyrrole nitrogens is 1. The van der Waals surface area contributed by atoms with Gasteiger partial charge in [-0.2, -0.15) is 0 Å². The van der Waals surface area contributed by atoms with E-state index in [1.807, 2.05) is 29.8 Å². The molecule has 172 valence electrons. The van der Waals surface area contributed by atoms with Crippen LogP contribution in [0.1, 0.15) is 39.2 Å². The number of hydrogen-bond acceptors (Lipinski definition) is 4. The number of pyridine rings is 1. The second kappa shape index (κ2) is 10.1. The van der Waals surface area contributed by atoms with Crippen molar-refractivity contribution in [3.63, 3.8) is 0 Å². The quantitative estimate of drug-likeness (QED) is 0.299. The summed E-state index contributed by atoms with van der Waals surface area (Å²) in [5.74, 6) is -0.329. The monoisotopic (exact) mass is 473 g/mol. The van der Waals surface area contributed by atoms with Crippen LogP contribution in [0.25, 0.3) is 11.0 Å². The van der Waals surface area contributed by atoms with Crippen LogP contribution in [0.3, 0.4) is 0 Å². The number of unbranched alkanes of at least 4 members (excludes halogenated alkanes) is 1. The van der Waals surface area contributed by atoms with Gasteiger partial charge in [-0.15, -0.1) is 24.5 Å². The summed E-state index contributed by atoms with van der Waals surface area (Å²) >= 11 is 1.41. The number of carbonyl (C=O) groups is 1. The van der Waals surface area contributed by atoms with Gasteiger partial charge >= 0.3 is 6.36 Å². The van der Waals surface area contributed by atoms with E-state index in [9.17, 15) is 18.0 Å². The Kier molecular flexibility index (Phi) is 6.98. The van der Waals surface area contributed by atoms with Gasteiger partial charge in [0.05, 0.1) is 4.88 Å². The zero-order valence-electron chi connectivity index (χ0n) is 17.6. The summed E-state index contributed by atoms with van der Waals surface area (Å²) in [6.45, 7) is 0.492. The number of ether oxygens (including phenoxy) is 1. The smallest absolute Gasteiger partial charge is 0.406 e. The Morgan fingerprint density at radius 2 is 2.00 bits per heavy atom. The molecule has 0 aliphatic heterocycles. The van der Waals surface area contributed by atoms with Gasteiger partial charge in [0, 0.05) is 24.3 Å². The van der Waals surface area contributed by atoms with E-state index in [0.29, 0.717) is 30.7 Å². The standard InChI is InChI=1S/C24H22F3N3O2S/c25-24(26,27)32-19-6-3-5-16(14-19)4-1-2-10-30-23(31)21-18(9-13-33-21)15-17-7-11-28-22-20(17)8-12-29-22/h3,5-9,11-14H,1-2,4,10,15H2,(H,28,29)(H,30,31).